The van der Waals surface area contributed by atoms with E-state index < -0.39 is 0 Å². The summed E-state index contributed by atoms with van der Waals surface area (Å²) in [6, 6.07) is 0.0704. The standard InChI is InChI=1S/C19H35N3O.ClH/c23-19(18-9-4-11-20-18)21-14-17-8-5-12-22(15-17)13-10-16-6-2-1-3-7-16;/h16-18,20H,1-15H2,(H,21,23);1H. The quantitative estimate of drug-likeness (QED) is 0.768. The van der Waals surface area contributed by atoms with Crippen molar-refractivity contribution in [3.63, 3.8) is 0 Å². The van der Waals surface area contributed by atoms with Gasteiger partial charge in [-0.15, -0.1) is 12.4 Å². The maximum atomic E-state index is 12.1. The van der Waals surface area contributed by atoms with Gasteiger partial charge >= 0.3 is 0 Å². The summed E-state index contributed by atoms with van der Waals surface area (Å²) >= 11 is 0. The summed E-state index contributed by atoms with van der Waals surface area (Å²) in [6.45, 7) is 5.60. The molecule has 3 fully saturated rings. The fraction of sp³-hybridized carbons (Fsp3) is 0.947. The second-order valence-corrected chi connectivity index (χ2v) is 8.00. The molecule has 140 valence electrons. The maximum Gasteiger partial charge on any atom is 0.237 e. The second-order valence-electron chi connectivity index (χ2n) is 8.00. The average molecular weight is 358 g/mol. The summed E-state index contributed by atoms with van der Waals surface area (Å²) in [5, 5.41) is 6.48. The number of hydrogen-bond donors (Lipinski definition) is 2. The molecule has 0 aromatic rings. The van der Waals surface area contributed by atoms with Gasteiger partial charge in [0.25, 0.3) is 0 Å². The smallest absolute Gasteiger partial charge is 0.237 e. The van der Waals surface area contributed by atoms with Crippen LogP contribution in [0, 0.1) is 11.8 Å². The highest BCUT2D eigenvalue weighted by Gasteiger charge is 2.25. The fourth-order valence-corrected chi connectivity index (χ4v) is 4.64. The number of carbonyl (C=O) groups excluding carboxylic acids is 1. The Morgan fingerprint density at radius 3 is 2.54 bits per heavy atom. The highest BCUT2D eigenvalue weighted by molar-refractivity contribution is 5.85. The van der Waals surface area contributed by atoms with Crippen LogP contribution in [0.3, 0.4) is 0 Å². The number of nitrogens with one attached hydrogen (secondary N) is 2. The summed E-state index contributed by atoms with van der Waals surface area (Å²) in [4.78, 5) is 14.8. The Labute approximate surface area is 153 Å². The molecule has 5 heteroatoms. The van der Waals surface area contributed by atoms with Crippen LogP contribution < -0.4 is 10.6 Å². The van der Waals surface area contributed by atoms with Crippen LogP contribution in [0.15, 0.2) is 0 Å². The lowest BCUT2D eigenvalue weighted by Gasteiger charge is -2.34. The van der Waals surface area contributed by atoms with Gasteiger partial charge in [-0.2, -0.15) is 0 Å². The molecule has 3 aliphatic rings. The first-order chi connectivity index (χ1) is 11.3. The number of hydrogen-bond acceptors (Lipinski definition) is 3. The van der Waals surface area contributed by atoms with Gasteiger partial charge in [-0.1, -0.05) is 32.1 Å². The number of halogens is 1. The molecular weight excluding hydrogens is 322 g/mol. The largest absolute Gasteiger partial charge is 0.354 e. The van der Waals surface area contributed by atoms with Gasteiger partial charge in [0.2, 0.25) is 5.91 Å². The third-order valence-corrected chi connectivity index (χ3v) is 6.12. The molecule has 3 rings (SSSR count). The Morgan fingerprint density at radius 1 is 1.00 bits per heavy atom. The summed E-state index contributed by atoms with van der Waals surface area (Å²) < 4.78 is 0. The third kappa shape index (κ3) is 6.20. The van der Waals surface area contributed by atoms with E-state index >= 15 is 0 Å². The topological polar surface area (TPSA) is 44.4 Å². The number of likely N-dealkylation sites (tertiary alicyclic amines) is 1. The molecule has 0 aromatic carbocycles. The van der Waals surface area contributed by atoms with Crippen molar-refractivity contribution in [1.29, 1.82) is 0 Å². The van der Waals surface area contributed by atoms with Gasteiger partial charge in [0.05, 0.1) is 6.04 Å². The Morgan fingerprint density at radius 2 is 1.79 bits per heavy atom. The SMILES string of the molecule is Cl.O=C(NCC1CCCN(CCC2CCCCC2)C1)C1CCCN1. The van der Waals surface area contributed by atoms with Crippen LogP contribution >= 0.6 is 12.4 Å². The molecule has 2 N–H and O–H groups in total. The monoisotopic (exact) mass is 357 g/mol. The highest BCUT2D eigenvalue weighted by atomic mass is 35.5. The molecule has 0 spiro atoms. The van der Waals surface area contributed by atoms with Crippen molar-refractivity contribution in [1.82, 2.24) is 15.5 Å². The van der Waals surface area contributed by atoms with Crippen molar-refractivity contribution >= 4 is 18.3 Å². The van der Waals surface area contributed by atoms with Gasteiger partial charge in [-0.25, -0.2) is 0 Å². The van der Waals surface area contributed by atoms with E-state index in [2.05, 4.69) is 15.5 Å². The highest BCUT2D eigenvalue weighted by Crippen LogP contribution is 2.27. The molecular formula is C19H36ClN3O. The van der Waals surface area contributed by atoms with E-state index in [-0.39, 0.29) is 24.4 Å². The van der Waals surface area contributed by atoms with Crippen LogP contribution in [-0.2, 0) is 4.79 Å². The van der Waals surface area contributed by atoms with Gasteiger partial charge in [-0.3, -0.25) is 4.79 Å². The molecule has 1 saturated carbocycles. The first-order valence-electron chi connectivity index (χ1n) is 10.0. The fourth-order valence-electron chi connectivity index (χ4n) is 4.64. The molecule has 2 aliphatic heterocycles. The van der Waals surface area contributed by atoms with Gasteiger partial charge in [0.1, 0.15) is 0 Å². The Bertz CT molecular complexity index is 368. The van der Waals surface area contributed by atoms with Gasteiger partial charge in [0.15, 0.2) is 0 Å². The molecule has 0 bridgehead atoms. The first kappa shape index (κ1) is 20.0. The molecule has 4 nitrogen and oxygen atoms in total. The molecule has 0 radical (unpaired) electrons. The van der Waals surface area contributed by atoms with E-state index in [1.165, 1.54) is 71.0 Å². The van der Waals surface area contributed by atoms with E-state index in [1.807, 2.05) is 0 Å². The molecule has 2 heterocycles. The zero-order valence-corrected chi connectivity index (χ0v) is 15.9. The van der Waals surface area contributed by atoms with Crippen LogP contribution in [0.1, 0.15) is 64.2 Å². The third-order valence-electron chi connectivity index (χ3n) is 6.12. The summed E-state index contributed by atoms with van der Waals surface area (Å²) in [5.41, 5.74) is 0. The molecule has 1 aliphatic carbocycles. The van der Waals surface area contributed by atoms with Crippen LogP contribution in [0.5, 0.6) is 0 Å². The van der Waals surface area contributed by atoms with E-state index in [9.17, 15) is 4.79 Å². The van der Waals surface area contributed by atoms with Gasteiger partial charge in [0, 0.05) is 13.1 Å². The molecule has 2 saturated heterocycles. The lowest BCUT2D eigenvalue weighted by atomic mass is 9.86. The van der Waals surface area contributed by atoms with Crippen LogP contribution in [0.25, 0.3) is 0 Å². The Kier molecular flexibility index (Phi) is 8.85. The van der Waals surface area contributed by atoms with Gasteiger partial charge < -0.3 is 15.5 Å². The summed E-state index contributed by atoms with van der Waals surface area (Å²) in [7, 11) is 0. The lowest BCUT2D eigenvalue weighted by Crippen LogP contribution is -2.45. The Hall–Kier alpha value is -0.320. The van der Waals surface area contributed by atoms with Crippen molar-refractivity contribution in [3.8, 4) is 0 Å². The predicted octanol–water partition coefficient (Wildman–Crippen LogP) is 2.96. The summed E-state index contributed by atoms with van der Waals surface area (Å²) in [5.74, 6) is 1.86. The molecule has 2 unspecified atom stereocenters. The number of nitrogens with zero attached hydrogens (tertiary/aromatic N) is 1. The molecule has 2 atom stereocenters. The van der Waals surface area contributed by atoms with Crippen molar-refractivity contribution in [2.45, 2.75) is 70.3 Å². The molecule has 0 aromatic heterocycles. The van der Waals surface area contributed by atoms with E-state index in [0.717, 1.165) is 31.8 Å². The second kappa shape index (κ2) is 10.6. The zero-order valence-electron chi connectivity index (χ0n) is 15.1. The first-order valence-corrected chi connectivity index (χ1v) is 10.0. The zero-order chi connectivity index (χ0) is 15.9. The minimum atomic E-state index is 0. The minimum absolute atomic E-state index is 0. The van der Waals surface area contributed by atoms with E-state index in [0.29, 0.717) is 5.92 Å². The normalized spacial score (nSPS) is 29.2. The number of amides is 1. The van der Waals surface area contributed by atoms with E-state index in [4.69, 9.17) is 0 Å². The van der Waals surface area contributed by atoms with Crippen LogP contribution in [-0.4, -0.2) is 49.6 Å². The lowest BCUT2D eigenvalue weighted by molar-refractivity contribution is -0.123. The number of piperidine rings is 1. The predicted molar refractivity (Wildman–Crippen MR) is 102 cm³/mol. The minimum Gasteiger partial charge on any atom is -0.354 e. The van der Waals surface area contributed by atoms with Crippen molar-refractivity contribution < 1.29 is 4.79 Å². The van der Waals surface area contributed by atoms with Crippen LogP contribution in [0.2, 0.25) is 0 Å². The van der Waals surface area contributed by atoms with Crippen molar-refractivity contribution in [3.05, 3.63) is 0 Å². The maximum absolute atomic E-state index is 12.1. The molecule has 24 heavy (non-hydrogen) atoms. The van der Waals surface area contributed by atoms with Crippen LogP contribution in [0.4, 0.5) is 0 Å². The number of rotatable bonds is 6. The number of carbonyl (C=O) groups is 1. The molecule has 1 amide bonds. The van der Waals surface area contributed by atoms with Crippen molar-refractivity contribution in [2.24, 2.45) is 11.8 Å². The van der Waals surface area contributed by atoms with E-state index in [1.54, 1.807) is 0 Å². The van der Waals surface area contributed by atoms with Crippen molar-refractivity contribution in [2.75, 3.05) is 32.7 Å². The van der Waals surface area contributed by atoms with Gasteiger partial charge in [-0.05, 0) is 63.6 Å². The Balaban J connectivity index is 0.00000208. The summed E-state index contributed by atoms with van der Waals surface area (Å²) in [6.07, 6.45) is 13.4. The average Bonchev–Trinajstić information content (AvgIpc) is 3.14.